The van der Waals surface area contributed by atoms with Crippen LogP contribution in [-0.2, 0) is 6.42 Å². The number of hydrogen-bond acceptors (Lipinski definition) is 1. The fraction of sp³-hybridized carbons (Fsp3) is 0.278. The van der Waals surface area contributed by atoms with E-state index in [1.54, 1.807) is 0 Å². The molecule has 20 heavy (non-hydrogen) atoms. The number of para-hydroxylation sites is 1. The molecule has 1 amide bonds. The van der Waals surface area contributed by atoms with Gasteiger partial charge in [0.1, 0.15) is 0 Å². The van der Waals surface area contributed by atoms with Gasteiger partial charge in [0.15, 0.2) is 0 Å². The summed E-state index contributed by atoms with van der Waals surface area (Å²) in [6.45, 7) is 4.93. The minimum Gasteiger partial charge on any atom is -0.308 e. The van der Waals surface area contributed by atoms with E-state index in [1.165, 1.54) is 16.7 Å². The van der Waals surface area contributed by atoms with Crippen molar-refractivity contribution in [2.24, 2.45) is 0 Å². The monoisotopic (exact) mass is 265 g/mol. The average molecular weight is 265 g/mol. The normalized spacial score (nSPS) is 14.0. The van der Waals surface area contributed by atoms with E-state index in [4.69, 9.17) is 0 Å². The molecule has 1 aliphatic rings. The summed E-state index contributed by atoms with van der Waals surface area (Å²) < 4.78 is 0. The van der Waals surface area contributed by atoms with Crippen LogP contribution in [0.3, 0.4) is 0 Å². The molecule has 0 saturated carbocycles. The molecule has 2 nitrogen and oxygen atoms in total. The van der Waals surface area contributed by atoms with Crippen molar-refractivity contribution in [1.29, 1.82) is 0 Å². The van der Waals surface area contributed by atoms with Gasteiger partial charge in [-0.2, -0.15) is 0 Å². The Morgan fingerprint density at radius 3 is 2.65 bits per heavy atom. The highest BCUT2D eigenvalue weighted by Crippen LogP contribution is 2.28. The van der Waals surface area contributed by atoms with E-state index in [2.05, 4.69) is 19.9 Å². The van der Waals surface area contributed by atoms with Crippen LogP contribution in [0, 0.1) is 13.8 Å². The second-order valence-electron chi connectivity index (χ2n) is 5.49. The molecule has 2 aromatic rings. The summed E-state index contributed by atoms with van der Waals surface area (Å²) in [4.78, 5) is 14.7. The SMILES string of the molecule is Cc1ccc(C(=O)N2CCCc3ccccc32)cc1C. The lowest BCUT2D eigenvalue weighted by Gasteiger charge is -2.29. The van der Waals surface area contributed by atoms with Crippen LogP contribution in [-0.4, -0.2) is 12.5 Å². The summed E-state index contributed by atoms with van der Waals surface area (Å²) in [5, 5.41) is 0. The van der Waals surface area contributed by atoms with Gasteiger partial charge in [-0.15, -0.1) is 0 Å². The number of anilines is 1. The maximum Gasteiger partial charge on any atom is 0.258 e. The van der Waals surface area contributed by atoms with Crippen LogP contribution in [0.5, 0.6) is 0 Å². The Morgan fingerprint density at radius 2 is 1.85 bits per heavy atom. The molecule has 3 rings (SSSR count). The Morgan fingerprint density at radius 1 is 1.05 bits per heavy atom. The topological polar surface area (TPSA) is 20.3 Å². The van der Waals surface area contributed by atoms with E-state index >= 15 is 0 Å². The molecule has 0 N–H and O–H groups in total. The van der Waals surface area contributed by atoms with Gasteiger partial charge in [0.05, 0.1) is 0 Å². The molecule has 0 aliphatic carbocycles. The Balaban J connectivity index is 1.97. The third kappa shape index (κ3) is 2.22. The van der Waals surface area contributed by atoms with Crippen molar-refractivity contribution in [1.82, 2.24) is 0 Å². The number of fused-ring (bicyclic) bond motifs is 1. The van der Waals surface area contributed by atoms with Crippen LogP contribution in [0.25, 0.3) is 0 Å². The number of carbonyl (C=O) groups is 1. The van der Waals surface area contributed by atoms with Gasteiger partial charge in [-0.25, -0.2) is 0 Å². The number of benzene rings is 2. The van der Waals surface area contributed by atoms with Crippen LogP contribution in [0.15, 0.2) is 42.5 Å². The fourth-order valence-electron chi connectivity index (χ4n) is 2.77. The van der Waals surface area contributed by atoms with Crippen molar-refractivity contribution >= 4 is 11.6 Å². The Labute approximate surface area is 120 Å². The quantitative estimate of drug-likeness (QED) is 0.766. The molecule has 0 fully saturated rings. The summed E-state index contributed by atoms with van der Waals surface area (Å²) in [6, 6.07) is 14.2. The number of aryl methyl sites for hydroxylation is 3. The van der Waals surface area contributed by atoms with Gasteiger partial charge in [-0.1, -0.05) is 24.3 Å². The molecule has 2 heteroatoms. The maximum atomic E-state index is 12.8. The van der Waals surface area contributed by atoms with Crippen molar-refractivity contribution in [2.75, 3.05) is 11.4 Å². The van der Waals surface area contributed by atoms with Gasteiger partial charge in [-0.3, -0.25) is 4.79 Å². The Hall–Kier alpha value is -2.09. The standard InChI is InChI=1S/C18H19NO/c1-13-9-10-16(12-14(13)2)18(20)19-11-5-7-15-6-3-4-8-17(15)19/h3-4,6,8-10,12H,5,7,11H2,1-2H3. The minimum absolute atomic E-state index is 0.111. The highest BCUT2D eigenvalue weighted by atomic mass is 16.2. The fourth-order valence-corrected chi connectivity index (χ4v) is 2.77. The number of rotatable bonds is 1. The predicted octanol–water partition coefficient (Wildman–Crippen LogP) is 3.90. The molecule has 0 bridgehead atoms. The number of hydrogen-bond donors (Lipinski definition) is 0. The minimum atomic E-state index is 0.111. The molecular formula is C18H19NO. The average Bonchev–Trinajstić information content (AvgIpc) is 2.49. The van der Waals surface area contributed by atoms with Crippen molar-refractivity contribution < 1.29 is 4.79 Å². The van der Waals surface area contributed by atoms with Gasteiger partial charge in [0.2, 0.25) is 0 Å². The zero-order valence-electron chi connectivity index (χ0n) is 12.0. The van der Waals surface area contributed by atoms with Gasteiger partial charge in [0, 0.05) is 17.8 Å². The number of carbonyl (C=O) groups excluding carboxylic acids is 1. The first-order valence-corrected chi connectivity index (χ1v) is 7.14. The highest BCUT2D eigenvalue weighted by Gasteiger charge is 2.23. The molecule has 0 radical (unpaired) electrons. The second kappa shape index (κ2) is 5.12. The van der Waals surface area contributed by atoms with Gasteiger partial charge in [0.25, 0.3) is 5.91 Å². The maximum absolute atomic E-state index is 12.8. The lowest BCUT2D eigenvalue weighted by molar-refractivity contribution is 0.0985. The molecular weight excluding hydrogens is 246 g/mol. The summed E-state index contributed by atoms with van der Waals surface area (Å²) in [6.07, 6.45) is 2.10. The number of amides is 1. The summed E-state index contributed by atoms with van der Waals surface area (Å²) in [5.41, 5.74) is 5.52. The number of nitrogens with zero attached hydrogens (tertiary/aromatic N) is 1. The van der Waals surface area contributed by atoms with Crippen LogP contribution in [0.1, 0.15) is 33.5 Å². The second-order valence-corrected chi connectivity index (χ2v) is 5.49. The molecule has 0 aromatic heterocycles. The summed E-state index contributed by atoms with van der Waals surface area (Å²) in [7, 11) is 0. The van der Waals surface area contributed by atoms with Crippen LogP contribution >= 0.6 is 0 Å². The molecule has 2 aromatic carbocycles. The van der Waals surface area contributed by atoms with Gasteiger partial charge < -0.3 is 4.90 Å². The van der Waals surface area contributed by atoms with Crippen LogP contribution in [0.4, 0.5) is 5.69 Å². The Kier molecular flexibility index (Phi) is 3.31. The first-order chi connectivity index (χ1) is 9.66. The van der Waals surface area contributed by atoms with E-state index in [-0.39, 0.29) is 5.91 Å². The highest BCUT2D eigenvalue weighted by molar-refractivity contribution is 6.06. The Bertz CT molecular complexity index is 660. The zero-order valence-corrected chi connectivity index (χ0v) is 12.0. The van der Waals surface area contributed by atoms with E-state index < -0.39 is 0 Å². The molecule has 0 unspecified atom stereocenters. The van der Waals surface area contributed by atoms with E-state index in [1.807, 2.05) is 41.3 Å². The lowest BCUT2D eigenvalue weighted by atomic mass is 10.00. The van der Waals surface area contributed by atoms with Crippen LogP contribution in [0.2, 0.25) is 0 Å². The summed E-state index contributed by atoms with van der Waals surface area (Å²) in [5.74, 6) is 0.111. The molecule has 0 spiro atoms. The first-order valence-electron chi connectivity index (χ1n) is 7.14. The first kappa shape index (κ1) is 12.9. The third-order valence-electron chi connectivity index (χ3n) is 4.11. The molecule has 1 aliphatic heterocycles. The van der Waals surface area contributed by atoms with Crippen molar-refractivity contribution in [3.63, 3.8) is 0 Å². The van der Waals surface area contributed by atoms with Crippen LogP contribution < -0.4 is 4.90 Å². The van der Waals surface area contributed by atoms with E-state index in [0.717, 1.165) is 30.6 Å². The summed E-state index contributed by atoms with van der Waals surface area (Å²) >= 11 is 0. The molecule has 0 saturated heterocycles. The largest absolute Gasteiger partial charge is 0.308 e. The molecule has 102 valence electrons. The van der Waals surface area contributed by atoms with Crippen molar-refractivity contribution in [3.8, 4) is 0 Å². The smallest absolute Gasteiger partial charge is 0.258 e. The zero-order chi connectivity index (χ0) is 14.1. The van der Waals surface area contributed by atoms with E-state index in [9.17, 15) is 4.79 Å². The van der Waals surface area contributed by atoms with E-state index in [0.29, 0.717) is 0 Å². The molecule has 0 atom stereocenters. The van der Waals surface area contributed by atoms with Crippen molar-refractivity contribution in [3.05, 3.63) is 64.7 Å². The third-order valence-corrected chi connectivity index (χ3v) is 4.11. The van der Waals surface area contributed by atoms with Gasteiger partial charge in [-0.05, 0) is 61.6 Å². The predicted molar refractivity (Wildman–Crippen MR) is 82.4 cm³/mol. The lowest BCUT2D eigenvalue weighted by Crippen LogP contribution is -2.35. The molecule has 1 heterocycles. The van der Waals surface area contributed by atoms with Crippen molar-refractivity contribution in [2.45, 2.75) is 26.7 Å². The van der Waals surface area contributed by atoms with Gasteiger partial charge >= 0.3 is 0 Å².